The maximum atomic E-state index is 11.8. The molecule has 0 aromatic rings. The first-order valence-electron chi connectivity index (χ1n) is 6.60. The van der Waals surface area contributed by atoms with Crippen LogP contribution in [0.2, 0.25) is 0 Å². The molecule has 1 fully saturated rings. The van der Waals surface area contributed by atoms with Crippen molar-refractivity contribution in [3.8, 4) is 0 Å². The van der Waals surface area contributed by atoms with Gasteiger partial charge in [-0.1, -0.05) is 0 Å². The van der Waals surface area contributed by atoms with E-state index in [1.165, 1.54) is 0 Å². The predicted octanol–water partition coefficient (Wildman–Crippen LogP) is 1.66. The molecule has 2 atom stereocenters. The minimum Gasteiger partial charge on any atom is -0.481 e. The van der Waals surface area contributed by atoms with Crippen molar-refractivity contribution >= 4 is 11.9 Å². The van der Waals surface area contributed by atoms with Gasteiger partial charge in [0.25, 0.3) is 0 Å². The molecule has 18 heavy (non-hydrogen) atoms. The average molecular weight is 257 g/mol. The fourth-order valence-electron chi connectivity index (χ4n) is 2.17. The molecule has 104 valence electrons. The number of hydrogen-bond donors (Lipinski definition) is 1. The lowest BCUT2D eigenvalue weighted by atomic mass is 10.1. The Balaban J connectivity index is 2.13. The number of aliphatic carboxylic acids is 1. The van der Waals surface area contributed by atoms with Gasteiger partial charge in [0.2, 0.25) is 5.91 Å². The third-order valence-electron chi connectivity index (χ3n) is 3.31. The number of nitrogens with zero attached hydrogens (tertiary/aromatic N) is 1. The van der Waals surface area contributed by atoms with Gasteiger partial charge in [0.1, 0.15) is 0 Å². The average Bonchev–Trinajstić information content (AvgIpc) is 2.71. The highest BCUT2D eigenvalue weighted by atomic mass is 16.5. The lowest BCUT2D eigenvalue weighted by molar-refractivity contribution is -0.138. The molecule has 0 aliphatic carbocycles. The van der Waals surface area contributed by atoms with Crippen molar-refractivity contribution in [3.63, 3.8) is 0 Å². The number of carbonyl (C=O) groups is 2. The summed E-state index contributed by atoms with van der Waals surface area (Å²) < 4.78 is 5.66. The predicted molar refractivity (Wildman–Crippen MR) is 67.3 cm³/mol. The summed E-state index contributed by atoms with van der Waals surface area (Å²) in [5, 5.41) is 8.52. The van der Waals surface area contributed by atoms with Gasteiger partial charge in [0.05, 0.1) is 12.2 Å². The third kappa shape index (κ3) is 5.49. The van der Waals surface area contributed by atoms with Crippen LogP contribution in [0.25, 0.3) is 0 Å². The molecule has 0 radical (unpaired) electrons. The van der Waals surface area contributed by atoms with Crippen molar-refractivity contribution in [3.05, 3.63) is 0 Å². The molecule has 2 unspecified atom stereocenters. The van der Waals surface area contributed by atoms with Crippen molar-refractivity contribution in [2.24, 2.45) is 0 Å². The normalized spacial score (nSPS) is 23.0. The van der Waals surface area contributed by atoms with Gasteiger partial charge in [-0.05, 0) is 32.6 Å². The summed E-state index contributed by atoms with van der Waals surface area (Å²) in [6.07, 6.45) is 4.53. The molecule has 1 N–H and O–H groups in total. The van der Waals surface area contributed by atoms with E-state index >= 15 is 0 Å². The molecule has 0 aromatic heterocycles. The van der Waals surface area contributed by atoms with Crippen LogP contribution >= 0.6 is 0 Å². The Morgan fingerprint density at radius 1 is 1.33 bits per heavy atom. The highest BCUT2D eigenvalue weighted by Gasteiger charge is 2.22. The van der Waals surface area contributed by atoms with Gasteiger partial charge in [0, 0.05) is 26.4 Å². The molecule has 0 saturated carbocycles. The first kappa shape index (κ1) is 15.0. The van der Waals surface area contributed by atoms with Crippen LogP contribution in [0.5, 0.6) is 0 Å². The Hall–Kier alpha value is -1.10. The van der Waals surface area contributed by atoms with E-state index in [9.17, 15) is 9.59 Å². The van der Waals surface area contributed by atoms with Crippen molar-refractivity contribution in [2.45, 2.75) is 57.7 Å². The largest absolute Gasteiger partial charge is 0.481 e. The number of rotatable bonds is 7. The van der Waals surface area contributed by atoms with E-state index in [2.05, 4.69) is 6.92 Å². The molecule has 0 bridgehead atoms. The summed E-state index contributed by atoms with van der Waals surface area (Å²) in [4.78, 5) is 23.8. The summed E-state index contributed by atoms with van der Waals surface area (Å²) in [6, 6.07) is 0. The van der Waals surface area contributed by atoms with Crippen LogP contribution in [0.4, 0.5) is 0 Å². The van der Waals surface area contributed by atoms with E-state index in [4.69, 9.17) is 9.84 Å². The fraction of sp³-hybridized carbons (Fsp3) is 0.846. The van der Waals surface area contributed by atoms with E-state index in [0.29, 0.717) is 25.5 Å². The first-order chi connectivity index (χ1) is 8.49. The molecule has 1 rings (SSSR count). The zero-order valence-corrected chi connectivity index (χ0v) is 11.2. The molecular formula is C13H23NO4. The van der Waals surface area contributed by atoms with Gasteiger partial charge in [-0.15, -0.1) is 0 Å². The van der Waals surface area contributed by atoms with Gasteiger partial charge < -0.3 is 14.7 Å². The van der Waals surface area contributed by atoms with Crippen LogP contribution in [0.15, 0.2) is 0 Å². The van der Waals surface area contributed by atoms with E-state index in [-0.39, 0.29) is 18.4 Å². The zero-order chi connectivity index (χ0) is 13.5. The Morgan fingerprint density at radius 3 is 2.61 bits per heavy atom. The summed E-state index contributed by atoms with van der Waals surface area (Å²) in [7, 11) is 1.72. The zero-order valence-electron chi connectivity index (χ0n) is 11.2. The fourth-order valence-corrected chi connectivity index (χ4v) is 2.17. The Labute approximate surface area is 108 Å². The van der Waals surface area contributed by atoms with Gasteiger partial charge >= 0.3 is 5.97 Å². The van der Waals surface area contributed by atoms with Crippen LogP contribution < -0.4 is 0 Å². The summed E-state index contributed by atoms with van der Waals surface area (Å²) in [5.74, 6) is -0.743. The number of ether oxygens (including phenoxy) is 1. The Morgan fingerprint density at radius 2 is 2.06 bits per heavy atom. The molecule has 5 nitrogen and oxygen atoms in total. The number of hydrogen-bond acceptors (Lipinski definition) is 3. The van der Waals surface area contributed by atoms with Gasteiger partial charge in [-0.2, -0.15) is 0 Å². The van der Waals surface area contributed by atoms with Crippen LogP contribution in [0.1, 0.15) is 45.4 Å². The maximum Gasteiger partial charge on any atom is 0.303 e. The molecular weight excluding hydrogens is 234 g/mol. The highest BCUT2D eigenvalue weighted by Crippen LogP contribution is 2.22. The van der Waals surface area contributed by atoms with E-state index in [1.807, 2.05) is 0 Å². The molecule has 0 aromatic carbocycles. The quantitative estimate of drug-likeness (QED) is 0.753. The lowest BCUT2D eigenvalue weighted by Crippen LogP contribution is -2.28. The van der Waals surface area contributed by atoms with Gasteiger partial charge in [0.15, 0.2) is 0 Å². The van der Waals surface area contributed by atoms with Crippen molar-refractivity contribution in [1.82, 2.24) is 4.90 Å². The summed E-state index contributed by atoms with van der Waals surface area (Å²) in [6.45, 7) is 2.56. The maximum absolute atomic E-state index is 11.8. The van der Waals surface area contributed by atoms with Crippen molar-refractivity contribution in [1.29, 1.82) is 0 Å². The van der Waals surface area contributed by atoms with Gasteiger partial charge in [-0.25, -0.2) is 0 Å². The van der Waals surface area contributed by atoms with Crippen LogP contribution in [-0.2, 0) is 14.3 Å². The van der Waals surface area contributed by atoms with Crippen LogP contribution in [0, 0.1) is 0 Å². The van der Waals surface area contributed by atoms with Crippen molar-refractivity contribution < 1.29 is 19.4 Å². The Bertz CT molecular complexity index is 293. The number of amides is 1. The monoisotopic (exact) mass is 257 g/mol. The van der Waals surface area contributed by atoms with Crippen molar-refractivity contribution in [2.75, 3.05) is 13.6 Å². The first-order valence-corrected chi connectivity index (χ1v) is 6.60. The second kappa shape index (κ2) is 7.36. The van der Waals surface area contributed by atoms with Crippen LogP contribution in [-0.4, -0.2) is 47.7 Å². The number of carbonyl (C=O) groups excluding carboxylic acids is 1. The van der Waals surface area contributed by atoms with E-state index in [0.717, 1.165) is 19.3 Å². The molecule has 1 heterocycles. The van der Waals surface area contributed by atoms with E-state index < -0.39 is 5.97 Å². The molecule has 1 amide bonds. The lowest BCUT2D eigenvalue weighted by Gasteiger charge is -2.18. The SMILES string of the molecule is CC1CCC(CCC(=O)N(C)CCCC(=O)O)O1. The standard InChI is InChI=1S/C13H23NO4/c1-10-5-6-11(18-10)7-8-12(15)14(2)9-3-4-13(16)17/h10-11H,3-9H2,1-2H3,(H,16,17). The molecule has 1 aliphatic heterocycles. The Kier molecular flexibility index (Phi) is 6.12. The van der Waals surface area contributed by atoms with Gasteiger partial charge in [-0.3, -0.25) is 9.59 Å². The third-order valence-corrected chi connectivity index (χ3v) is 3.31. The minimum atomic E-state index is -0.816. The highest BCUT2D eigenvalue weighted by molar-refractivity contribution is 5.76. The summed E-state index contributed by atoms with van der Waals surface area (Å²) >= 11 is 0. The molecule has 5 heteroatoms. The van der Waals surface area contributed by atoms with E-state index in [1.54, 1.807) is 11.9 Å². The topological polar surface area (TPSA) is 66.8 Å². The molecule has 0 spiro atoms. The molecule has 1 saturated heterocycles. The second-order valence-corrected chi connectivity index (χ2v) is 5.00. The minimum absolute atomic E-state index is 0.0727. The summed E-state index contributed by atoms with van der Waals surface area (Å²) in [5.41, 5.74) is 0. The molecule has 1 aliphatic rings. The second-order valence-electron chi connectivity index (χ2n) is 5.00. The number of carboxylic acids is 1. The number of carboxylic acid groups (broad SMARTS) is 1. The smallest absolute Gasteiger partial charge is 0.303 e. The van der Waals surface area contributed by atoms with Crippen LogP contribution in [0.3, 0.4) is 0 Å².